The Bertz CT molecular complexity index is 1690. The number of aromatic nitrogens is 2. The number of fused-ring (bicyclic) bond motifs is 1. The molecule has 0 spiro atoms. The summed E-state index contributed by atoms with van der Waals surface area (Å²) >= 11 is 4.33. The highest BCUT2D eigenvalue weighted by molar-refractivity contribution is 14.1. The molecule has 3 aromatic carbocycles. The fourth-order valence-electron chi connectivity index (χ4n) is 4.45. The van der Waals surface area contributed by atoms with Gasteiger partial charge in [-0.15, -0.1) is 0 Å². The molecule has 0 aliphatic rings. The lowest BCUT2D eigenvalue weighted by Gasteiger charge is -2.18. The van der Waals surface area contributed by atoms with Gasteiger partial charge in [-0.2, -0.15) is 9.78 Å². The average Bonchev–Trinajstić information content (AvgIpc) is 2.94. The van der Waals surface area contributed by atoms with Crippen LogP contribution in [0.4, 0.5) is 0 Å². The summed E-state index contributed by atoms with van der Waals surface area (Å²) in [6.07, 6.45) is 0.890. The molecule has 0 saturated carbocycles. The molecule has 0 amide bonds. The van der Waals surface area contributed by atoms with E-state index < -0.39 is 12.1 Å². The molecule has 0 radical (unpaired) electrons. The zero-order valence-corrected chi connectivity index (χ0v) is 28.7. The summed E-state index contributed by atoms with van der Waals surface area (Å²) in [5.74, 6) is 1.65. The molecule has 8 nitrogen and oxygen atoms in total. The Balaban J connectivity index is 1.83. The normalized spacial score (nSPS) is 12.2. The van der Waals surface area contributed by atoms with E-state index in [0.29, 0.717) is 29.1 Å². The predicted molar refractivity (Wildman–Crippen MR) is 183 cm³/mol. The van der Waals surface area contributed by atoms with Crippen LogP contribution in [-0.4, -0.2) is 41.2 Å². The van der Waals surface area contributed by atoms with Gasteiger partial charge in [0.15, 0.2) is 11.9 Å². The van der Waals surface area contributed by atoms with Crippen molar-refractivity contribution in [1.29, 1.82) is 0 Å². The minimum atomic E-state index is -0.746. The van der Waals surface area contributed by atoms with Gasteiger partial charge in [0.2, 0.25) is 0 Å². The predicted octanol–water partition coefficient (Wildman–Crippen LogP) is 7.32. The Labute approximate surface area is 272 Å². The van der Waals surface area contributed by atoms with Crippen molar-refractivity contribution in [2.24, 2.45) is 5.10 Å². The highest BCUT2D eigenvalue weighted by Crippen LogP contribution is 2.34. The molecule has 0 saturated heterocycles. The van der Waals surface area contributed by atoms with Gasteiger partial charge in [-0.3, -0.25) is 4.79 Å². The monoisotopic (exact) mass is 793 g/mol. The number of halogens is 2. The second-order valence-corrected chi connectivity index (χ2v) is 12.3. The number of para-hydroxylation sites is 1. The Morgan fingerprint density at radius 3 is 2.38 bits per heavy atom. The number of esters is 1. The van der Waals surface area contributed by atoms with E-state index in [9.17, 15) is 9.59 Å². The smallest absolute Gasteiger partial charge is 0.347 e. The zero-order chi connectivity index (χ0) is 30.6. The maximum absolute atomic E-state index is 13.8. The minimum absolute atomic E-state index is 0.200. The van der Waals surface area contributed by atoms with Crippen LogP contribution in [-0.2, 0) is 9.53 Å². The van der Waals surface area contributed by atoms with Crippen LogP contribution in [0, 0.1) is 14.1 Å². The number of carbonyl (C=O) groups excluding carboxylic acids is 1. The molecule has 4 aromatic rings. The largest absolute Gasteiger partial charge is 0.494 e. The van der Waals surface area contributed by atoms with E-state index in [1.165, 1.54) is 4.68 Å². The quantitative estimate of drug-likeness (QED) is 0.0951. The molecule has 0 aliphatic carbocycles. The molecular weight excluding hydrogens is 760 g/mol. The van der Waals surface area contributed by atoms with Gasteiger partial charge < -0.3 is 14.2 Å². The van der Waals surface area contributed by atoms with Crippen molar-refractivity contribution in [3.05, 3.63) is 82.7 Å². The fraction of sp³-hybridized carbons (Fsp3) is 0.312. The molecule has 0 bridgehead atoms. The first-order valence-electron chi connectivity index (χ1n) is 13.7. The van der Waals surface area contributed by atoms with E-state index in [0.717, 1.165) is 35.1 Å². The van der Waals surface area contributed by atoms with Gasteiger partial charge in [0.25, 0.3) is 5.56 Å². The van der Waals surface area contributed by atoms with Crippen molar-refractivity contribution < 1.29 is 19.0 Å². The van der Waals surface area contributed by atoms with E-state index in [1.54, 1.807) is 26.1 Å². The highest BCUT2D eigenvalue weighted by Gasteiger charge is 2.20. The molecule has 4 rings (SSSR count). The average molecular weight is 793 g/mol. The molecule has 1 heterocycles. The van der Waals surface area contributed by atoms with E-state index in [1.807, 2.05) is 50.2 Å². The molecule has 220 valence electrons. The third kappa shape index (κ3) is 6.96. The first-order valence-corrected chi connectivity index (χ1v) is 15.9. The summed E-state index contributed by atoms with van der Waals surface area (Å²) in [4.78, 5) is 30.8. The molecule has 0 fully saturated rings. The number of ether oxygens (including phenoxy) is 3. The first kappa shape index (κ1) is 31.9. The van der Waals surface area contributed by atoms with Gasteiger partial charge in [-0.1, -0.05) is 26.0 Å². The zero-order valence-electron chi connectivity index (χ0n) is 24.4. The number of nitrogens with zero attached hydrogens (tertiary/aromatic N) is 3. The van der Waals surface area contributed by atoms with Crippen molar-refractivity contribution in [3.8, 4) is 22.9 Å². The Morgan fingerprint density at radius 1 is 1.05 bits per heavy atom. The van der Waals surface area contributed by atoms with Gasteiger partial charge in [0.05, 0.1) is 37.5 Å². The van der Waals surface area contributed by atoms with E-state index in [4.69, 9.17) is 19.2 Å². The molecule has 42 heavy (non-hydrogen) atoms. The summed E-state index contributed by atoms with van der Waals surface area (Å²) in [5, 5.41) is 5.14. The highest BCUT2D eigenvalue weighted by atomic mass is 127. The van der Waals surface area contributed by atoms with Gasteiger partial charge in [0, 0.05) is 5.56 Å². The second kappa shape index (κ2) is 14.0. The Kier molecular flexibility index (Phi) is 10.6. The van der Waals surface area contributed by atoms with Crippen molar-refractivity contribution >= 4 is 68.3 Å². The second-order valence-electron chi connectivity index (χ2n) is 9.93. The minimum Gasteiger partial charge on any atom is -0.494 e. The summed E-state index contributed by atoms with van der Waals surface area (Å²) in [5.41, 5.74) is 3.87. The lowest BCUT2D eigenvalue weighted by molar-refractivity contribution is -0.150. The lowest BCUT2D eigenvalue weighted by Crippen LogP contribution is -2.26. The number of benzene rings is 3. The number of hydrogen-bond donors (Lipinski definition) is 0. The molecule has 1 aromatic heterocycles. The summed E-state index contributed by atoms with van der Waals surface area (Å²) < 4.78 is 19.9. The summed E-state index contributed by atoms with van der Waals surface area (Å²) in [6.45, 7) is 12.4. The van der Waals surface area contributed by atoms with Crippen LogP contribution in [0.15, 0.2) is 58.4 Å². The number of hydrogen-bond acceptors (Lipinski definition) is 7. The van der Waals surface area contributed by atoms with Crippen LogP contribution in [0.25, 0.3) is 22.3 Å². The maximum atomic E-state index is 13.8. The molecule has 1 atom stereocenters. The van der Waals surface area contributed by atoms with E-state index >= 15 is 0 Å². The van der Waals surface area contributed by atoms with Crippen molar-refractivity contribution in [2.45, 2.75) is 53.6 Å². The fourth-order valence-corrected chi connectivity index (χ4v) is 6.52. The molecule has 0 N–H and O–H groups in total. The van der Waals surface area contributed by atoms with Gasteiger partial charge in [0.1, 0.15) is 11.5 Å². The van der Waals surface area contributed by atoms with Gasteiger partial charge in [-0.05, 0) is 132 Å². The van der Waals surface area contributed by atoms with Crippen molar-refractivity contribution in [3.63, 3.8) is 0 Å². The van der Waals surface area contributed by atoms with Gasteiger partial charge >= 0.3 is 5.97 Å². The Morgan fingerprint density at radius 2 is 1.74 bits per heavy atom. The summed E-state index contributed by atoms with van der Waals surface area (Å²) in [6, 6.07) is 15.1. The Hall–Kier alpha value is -3.00. The number of rotatable bonds is 10. The third-order valence-corrected chi connectivity index (χ3v) is 8.13. The van der Waals surface area contributed by atoms with Crippen LogP contribution in [0.1, 0.15) is 57.2 Å². The first-order chi connectivity index (χ1) is 20.0. The molecule has 0 aliphatic heterocycles. The topological polar surface area (TPSA) is 92.0 Å². The van der Waals surface area contributed by atoms with Gasteiger partial charge in [-0.25, -0.2) is 9.78 Å². The van der Waals surface area contributed by atoms with E-state index in [-0.39, 0.29) is 18.1 Å². The van der Waals surface area contributed by atoms with E-state index in [2.05, 4.69) is 70.2 Å². The molecule has 10 heteroatoms. The lowest BCUT2D eigenvalue weighted by atomic mass is 9.96. The van der Waals surface area contributed by atoms with Crippen molar-refractivity contribution in [2.75, 3.05) is 13.2 Å². The third-order valence-electron chi connectivity index (χ3n) is 6.53. The van der Waals surface area contributed by atoms with Crippen LogP contribution in [0.5, 0.6) is 11.5 Å². The number of carbonyl (C=O) groups is 1. The summed E-state index contributed by atoms with van der Waals surface area (Å²) in [7, 11) is 0. The van der Waals surface area contributed by atoms with Crippen LogP contribution >= 0.6 is 45.2 Å². The SMILES string of the molecule is CCOC(=O)[C@@H](C)Oc1c(I)cc(C=Nn2c(-c3cc(C(C)C)c(OCC)cc3C)nc3ccccc3c2=O)cc1I. The number of aryl methyl sites for hydroxylation is 1. The van der Waals surface area contributed by atoms with Crippen molar-refractivity contribution in [1.82, 2.24) is 9.66 Å². The maximum Gasteiger partial charge on any atom is 0.347 e. The van der Waals surface area contributed by atoms with Crippen LogP contribution < -0.4 is 15.0 Å². The standard InChI is InChI=1S/C32H33I2N3O5/c1-7-40-28-13-19(5)24(16-23(28)18(3)4)30-36-27-12-10-9-11-22(27)31(38)37(30)35-17-21-14-25(33)29(26(34)15-21)42-20(6)32(39)41-8-2/h9-18,20H,7-8H2,1-6H3/t20-/m1/s1. The molecular formula is C32H33I2N3O5. The van der Waals surface area contributed by atoms with Crippen LogP contribution in [0.3, 0.4) is 0 Å². The molecule has 0 unspecified atom stereocenters. The van der Waals surface area contributed by atoms with Crippen LogP contribution in [0.2, 0.25) is 0 Å².